The van der Waals surface area contributed by atoms with Crippen molar-refractivity contribution in [2.45, 2.75) is 19.5 Å². The molecule has 0 atom stereocenters. The van der Waals surface area contributed by atoms with E-state index < -0.39 is 0 Å². The van der Waals surface area contributed by atoms with Gasteiger partial charge in [-0.2, -0.15) is 0 Å². The number of nitrogens with zero attached hydrogens (tertiary/aromatic N) is 1. The second-order valence-electron chi connectivity index (χ2n) is 6.71. The molecule has 5 nitrogen and oxygen atoms in total. The van der Waals surface area contributed by atoms with Gasteiger partial charge in [-0.3, -0.25) is 4.79 Å². The van der Waals surface area contributed by atoms with Crippen LogP contribution in [0.1, 0.15) is 26.4 Å². The average Bonchev–Trinajstić information content (AvgIpc) is 3.25. The van der Waals surface area contributed by atoms with E-state index in [1.165, 1.54) is 5.56 Å². The van der Waals surface area contributed by atoms with Gasteiger partial charge in [-0.1, -0.05) is 30.3 Å². The highest BCUT2D eigenvalue weighted by Gasteiger charge is 2.22. The first-order valence-corrected chi connectivity index (χ1v) is 10.1. The molecule has 2 heterocycles. The number of carbonyl (C=O) groups is 2. The Hall–Kier alpha value is -3.12. The molecule has 3 aromatic rings. The van der Waals surface area contributed by atoms with Crippen LogP contribution in [0.4, 0.5) is 10.5 Å². The molecule has 0 saturated heterocycles. The SMILES string of the molecule is O=C(NCc1cccs1)Nc1ccc2c(c1)CN(C(=O)c1ccccc1)CC2. The number of carbonyl (C=O) groups excluding carboxylic acids is 2. The Bertz CT molecular complexity index is 971. The van der Waals surface area contributed by atoms with Crippen LogP contribution in [-0.4, -0.2) is 23.4 Å². The first-order valence-electron chi connectivity index (χ1n) is 9.22. The molecule has 4 rings (SSSR count). The van der Waals surface area contributed by atoms with Crippen LogP contribution in [0.2, 0.25) is 0 Å². The summed E-state index contributed by atoms with van der Waals surface area (Å²) in [5.74, 6) is 0.0401. The molecule has 1 aliphatic heterocycles. The van der Waals surface area contributed by atoms with E-state index in [1.54, 1.807) is 11.3 Å². The molecule has 1 aliphatic rings. The quantitative estimate of drug-likeness (QED) is 0.698. The Morgan fingerprint density at radius 1 is 1.00 bits per heavy atom. The van der Waals surface area contributed by atoms with Crippen LogP contribution in [-0.2, 0) is 19.5 Å². The van der Waals surface area contributed by atoms with Gasteiger partial charge in [-0.25, -0.2) is 4.79 Å². The van der Waals surface area contributed by atoms with Gasteiger partial charge in [0.05, 0.1) is 6.54 Å². The molecule has 0 fully saturated rings. The summed E-state index contributed by atoms with van der Waals surface area (Å²) >= 11 is 1.61. The van der Waals surface area contributed by atoms with Crippen LogP contribution < -0.4 is 10.6 Å². The number of benzene rings is 2. The van der Waals surface area contributed by atoms with Crippen molar-refractivity contribution in [1.82, 2.24) is 10.2 Å². The van der Waals surface area contributed by atoms with Crippen molar-refractivity contribution in [2.75, 3.05) is 11.9 Å². The summed E-state index contributed by atoms with van der Waals surface area (Å²) < 4.78 is 0. The lowest BCUT2D eigenvalue weighted by molar-refractivity contribution is 0.0734. The molecule has 0 radical (unpaired) electrons. The summed E-state index contributed by atoms with van der Waals surface area (Å²) in [5.41, 5.74) is 3.73. The average molecular weight is 391 g/mol. The number of fused-ring (bicyclic) bond motifs is 1. The minimum absolute atomic E-state index is 0.0401. The molecule has 0 aliphatic carbocycles. The van der Waals surface area contributed by atoms with E-state index in [9.17, 15) is 9.59 Å². The molecule has 6 heteroatoms. The van der Waals surface area contributed by atoms with Gasteiger partial charge < -0.3 is 15.5 Å². The second kappa shape index (κ2) is 8.27. The van der Waals surface area contributed by atoms with Crippen molar-refractivity contribution >= 4 is 29.0 Å². The minimum Gasteiger partial charge on any atom is -0.334 e. The number of amides is 3. The van der Waals surface area contributed by atoms with E-state index in [0.717, 1.165) is 22.5 Å². The van der Waals surface area contributed by atoms with Crippen molar-refractivity contribution in [3.63, 3.8) is 0 Å². The predicted molar refractivity (Wildman–Crippen MR) is 112 cm³/mol. The van der Waals surface area contributed by atoms with Crippen molar-refractivity contribution in [1.29, 1.82) is 0 Å². The lowest BCUT2D eigenvalue weighted by Crippen LogP contribution is -2.36. The molecule has 28 heavy (non-hydrogen) atoms. The summed E-state index contributed by atoms with van der Waals surface area (Å²) in [7, 11) is 0. The first kappa shape index (κ1) is 18.3. The van der Waals surface area contributed by atoms with Crippen LogP contribution in [0, 0.1) is 0 Å². The Morgan fingerprint density at radius 2 is 1.86 bits per heavy atom. The zero-order valence-electron chi connectivity index (χ0n) is 15.4. The van der Waals surface area contributed by atoms with Gasteiger partial charge in [0.15, 0.2) is 0 Å². The number of anilines is 1. The van der Waals surface area contributed by atoms with E-state index in [2.05, 4.69) is 10.6 Å². The summed E-state index contributed by atoms with van der Waals surface area (Å²) in [5, 5.41) is 7.73. The topological polar surface area (TPSA) is 61.4 Å². The normalized spacial score (nSPS) is 12.9. The van der Waals surface area contributed by atoms with E-state index in [1.807, 2.05) is 70.9 Å². The zero-order chi connectivity index (χ0) is 19.3. The van der Waals surface area contributed by atoms with Crippen molar-refractivity contribution < 1.29 is 9.59 Å². The summed E-state index contributed by atoms with van der Waals surface area (Å²) in [6.07, 6.45) is 0.818. The maximum Gasteiger partial charge on any atom is 0.319 e. The number of rotatable bonds is 4. The molecular weight excluding hydrogens is 370 g/mol. The highest BCUT2D eigenvalue weighted by atomic mass is 32.1. The lowest BCUT2D eigenvalue weighted by Gasteiger charge is -2.29. The third kappa shape index (κ3) is 4.23. The molecule has 0 spiro atoms. The molecule has 1 aromatic heterocycles. The molecular formula is C22H21N3O2S. The molecule has 3 amide bonds. The Morgan fingerprint density at radius 3 is 2.64 bits per heavy atom. The number of hydrogen-bond donors (Lipinski definition) is 2. The van der Waals surface area contributed by atoms with Crippen LogP contribution in [0.3, 0.4) is 0 Å². The van der Waals surface area contributed by atoms with E-state index in [4.69, 9.17) is 0 Å². The summed E-state index contributed by atoms with van der Waals surface area (Å²) in [4.78, 5) is 27.8. The smallest absolute Gasteiger partial charge is 0.319 e. The monoisotopic (exact) mass is 391 g/mol. The van der Waals surface area contributed by atoms with Gasteiger partial charge in [-0.05, 0) is 53.3 Å². The third-order valence-electron chi connectivity index (χ3n) is 4.79. The fourth-order valence-electron chi connectivity index (χ4n) is 3.33. The van der Waals surface area contributed by atoms with Gasteiger partial charge in [0.1, 0.15) is 0 Å². The molecule has 0 bridgehead atoms. The number of thiophene rings is 1. The molecule has 142 valence electrons. The van der Waals surface area contributed by atoms with Crippen LogP contribution in [0.25, 0.3) is 0 Å². The highest BCUT2D eigenvalue weighted by Crippen LogP contribution is 2.24. The van der Waals surface area contributed by atoms with Crippen LogP contribution >= 0.6 is 11.3 Å². The number of nitrogens with one attached hydrogen (secondary N) is 2. The van der Waals surface area contributed by atoms with Crippen molar-refractivity contribution in [2.24, 2.45) is 0 Å². The molecule has 0 unspecified atom stereocenters. The van der Waals surface area contributed by atoms with Gasteiger partial charge in [0.2, 0.25) is 0 Å². The van der Waals surface area contributed by atoms with E-state index >= 15 is 0 Å². The van der Waals surface area contributed by atoms with Crippen LogP contribution in [0.5, 0.6) is 0 Å². The summed E-state index contributed by atoms with van der Waals surface area (Å²) in [6.45, 7) is 1.76. The van der Waals surface area contributed by atoms with Crippen molar-refractivity contribution in [3.8, 4) is 0 Å². The minimum atomic E-state index is -0.235. The fourth-order valence-corrected chi connectivity index (χ4v) is 3.97. The largest absolute Gasteiger partial charge is 0.334 e. The zero-order valence-corrected chi connectivity index (χ0v) is 16.2. The number of hydrogen-bond acceptors (Lipinski definition) is 3. The van der Waals surface area contributed by atoms with Crippen LogP contribution in [0.15, 0.2) is 66.0 Å². The third-order valence-corrected chi connectivity index (χ3v) is 5.66. The Balaban J connectivity index is 1.40. The Labute approximate surface area is 168 Å². The van der Waals surface area contributed by atoms with Gasteiger partial charge in [0.25, 0.3) is 5.91 Å². The van der Waals surface area contributed by atoms with Gasteiger partial charge >= 0.3 is 6.03 Å². The predicted octanol–water partition coefficient (Wildman–Crippen LogP) is 4.27. The molecule has 2 N–H and O–H groups in total. The highest BCUT2D eigenvalue weighted by molar-refractivity contribution is 7.09. The first-order chi connectivity index (χ1) is 13.7. The molecule has 2 aromatic carbocycles. The maximum absolute atomic E-state index is 12.7. The van der Waals surface area contributed by atoms with E-state index in [0.29, 0.717) is 25.2 Å². The summed E-state index contributed by atoms with van der Waals surface area (Å²) in [6, 6.07) is 19.0. The lowest BCUT2D eigenvalue weighted by atomic mass is 9.98. The Kier molecular flexibility index (Phi) is 5.39. The van der Waals surface area contributed by atoms with E-state index in [-0.39, 0.29) is 11.9 Å². The second-order valence-corrected chi connectivity index (χ2v) is 7.75. The standard InChI is InChI=1S/C22H21N3O2S/c26-21(17-5-2-1-3-6-17)25-11-10-16-8-9-19(13-18(16)15-25)24-22(27)23-14-20-7-4-12-28-20/h1-9,12-13H,10-11,14-15H2,(H2,23,24,27). The van der Waals surface area contributed by atoms with Gasteiger partial charge in [-0.15, -0.1) is 11.3 Å². The fraction of sp³-hybridized carbons (Fsp3) is 0.182. The number of urea groups is 1. The maximum atomic E-state index is 12.7. The molecule has 0 saturated carbocycles. The van der Waals surface area contributed by atoms with Gasteiger partial charge in [0, 0.05) is 29.2 Å². The van der Waals surface area contributed by atoms with Crippen molar-refractivity contribution in [3.05, 3.63) is 87.6 Å².